The van der Waals surface area contributed by atoms with Gasteiger partial charge in [0.05, 0.1) is 42.3 Å². The summed E-state index contributed by atoms with van der Waals surface area (Å²) in [6, 6.07) is 73.9. The predicted molar refractivity (Wildman–Crippen MR) is 396 cm³/mol. The maximum absolute atomic E-state index is 11.7. The van der Waals surface area contributed by atoms with Crippen molar-refractivity contribution in [3.63, 3.8) is 0 Å². The summed E-state index contributed by atoms with van der Waals surface area (Å²) in [5.74, 6) is 5.57. The van der Waals surface area contributed by atoms with Gasteiger partial charge >= 0.3 is 0 Å². The summed E-state index contributed by atoms with van der Waals surface area (Å²) >= 11 is 6.45. The van der Waals surface area contributed by atoms with Crippen LogP contribution in [0, 0.1) is 0 Å². The number of carbonyl (C=O) groups excluding carboxylic acids is 1. The van der Waals surface area contributed by atoms with E-state index < -0.39 is 15.8 Å². The minimum atomic E-state index is -0.923. The highest BCUT2D eigenvalue weighted by molar-refractivity contribution is 7.84. The number of hydrogen-bond donors (Lipinski definition) is 2. The highest BCUT2D eigenvalue weighted by atomic mass is 32.1. The van der Waals surface area contributed by atoms with Gasteiger partial charge in [-0.1, -0.05) is 194 Å². The molecule has 0 amide bonds. The molecule has 16 heteroatoms. The Kier molecular flexibility index (Phi) is 26.3. The zero-order valence-electron chi connectivity index (χ0n) is 52.4. The third kappa shape index (κ3) is 17.6. The Morgan fingerprint density at radius 1 is 0.319 bits per heavy atom. The Labute approximate surface area is 569 Å². The molecule has 0 aliphatic heterocycles. The number of aromatic hydroxyl groups is 2. The van der Waals surface area contributed by atoms with Crippen LogP contribution in [0.25, 0.3) is 44.5 Å². The molecule has 0 aliphatic carbocycles. The number of hydrogen-bond acceptors (Lipinski definition) is 14. The first-order chi connectivity index (χ1) is 46.5. The van der Waals surface area contributed by atoms with E-state index in [1.165, 1.54) is 21.2 Å². The van der Waals surface area contributed by atoms with Gasteiger partial charge in [0.15, 0.2) is 6.79 Å². The Morgan fingerprint density at radius 2 is 0.617 bits per heavy atom. The summed E-state index contributed by atoms with van der Waals surface area (Å²) in [5.41, 5.74) is 7.53. The molecule has 94 heavy (non-hydrogen) atoms. The van der Waals surface area contributed by atoms with Gasteiger partial charge in [-0.3, -0.25) is 0 Å². The van der Waals surface area contributed by atoms with E-state index in [-0.39, 0.29) is 6.79 Å². The smallest absolute Gasteiger partial charge is 0.189 e. The summed E-state index contributed by atoms with van der Waals surface area (Å²) in [4.78, 5) is 8.00. The fraction of sp³-hybridized carbons (Fsp3) is 0.167. The quantitative estimate of drug-likeness (QED) is 0.0256. The van der Waals surface area contributed by atoms with Crippen LogP contribution in [0.4, 0.5) is 0 Å². The highest BCUT2D eigenvalue weighted by Crippen LogP contribution is 2.48. The zero-order valence-corrected chi connectivity index (χ0v) is 57.5. The molecular weight excluding hydrogens is 1290 g/mol. The zero-order chi connectivity index (χ0) is 65.1. The number of thiophene rings is 4. The van der Waals surface area contributed by atoms with E-state index in [4.69, 9.17) is 38.0 Å². The number of rotatable bonds is 30. The monoisotopic (exact) mass is 1360 g/mol. The third-order valence-corrected chi connectivity index (χ3v) is 24.0. The van der Waals surface area contributed by atoms with E-state index in [1.54, 1.807) is 45.3 Å². The van der Waals surface area contributed by atoms with E-state index in [0.717, 1.165) is 114 Å². The Bertz CT molecular complexity index is 3940. The Hall–Kier alpha value is -8.55. The van der Waals surface area contributed by atoms with Crippen molar-refractivity contribution < 1.29 is 48.2 Å². The van der Waals surface area contributed by atoms with Crippen LogP contribution in [0.15, 0.2) is 251 Å². The van der Waals surface area contributed by atoms with Gasteiger partial charge in [-0.25, -0.2) is 0 Å². The van der Waals surface area contributed by atoms with E-state index in [2.05, 4.69) is 131 Å². The molecular formula is C78H74O10P2S4. The minimum Gasteiger partial charge on any atom is -0.506 e. The molecule has 0 aliphatic rings. The first-order valence-electron chi connectivity index (χ1n) is 31.0. The predicted octanol–water partition coefficient (Wildman–Crippen LogP) is 18.3. The molecule has 10 nitrogen and oxygen atoms in total. The number of carbonyl (C=O) groups is 1. The standard InChI is InChI=1S/C48H40O4P2S2.C29H32O5S2.CH2O/c49-45-41(33-55-47(45)53(35-19-5-1-6-20-35)36-21-7-2-8-22-36)39-27-13-15-29-43(39)51-31-17-18-32-52-44-30-16-14-28-40(44)42-34-56-48(46(42)50)54(37-23-9-3-10-24-37)38-25-11-4-12-26-38;1-3-30-21-34-29-20-36-18-25(29)23-12-6-8-14-27(23)33-16-10-9-15-32-26-13-7-5-11-22(26)24-17-35-19-28(24)31-4-2;1-2/h1-16,19-30,33-34,49-50H,17-18,31-32H2;5-8,11-14,17-20H,3-4,9-10,15-16,21H2,1-2H3;1H2. The van der Waals surface area contributed by atoms with Crippen LogP contribution < -0.4 is 58.9 Å². The number of unbranched alkanes of at least 4 members (excludes halogenated alkanes) is 2. The molecule has 0 bridgehead atoms. The molecule has 8 aromatic carbocycles. The van der Waals surface area contributed by atoms with Gasteiger partial charge in [-0.05, 0) is 85.0 Å². The van der Waals surface area contributed by atoms with Crippen LogP contribution in [0.5, 0.6) is 46.0 Å². The summed E-state index contributed by atoms with van der Waals surface area (Å²) in [6.45, 7) is 9.71. The molecule has 0 spiro atoms. The molecule has 12 rings (SSSR count). The van der Waals surface area contributed by atoms with Crippen molar-refractivity contribution in [3.8, 4) is 90.5 Å². The van der Waals surface area contributed by atoms with Crippen molar-refractivity contribution in [2.45, 2.75) is 39.5 Å². The van der Waals surface area contributed by atoms with Crippen molar-refractivity contribution in [1.82, 2.24) is 0 Å². The lowest BCUT2D eigenvalue weighted by Gasteiger charge is -2.18. The van der Waals surface area contributed by atoms with Gasteiger partial charge < -0.3 is 48.2 Å². The molecule has 0 unspecified atom stereocenters. The maximum atomic E-state index is 11.7. The second-order valence-corrected chi connectivity index (χ2v) is 29.1. The number of ether oxygens (including phenoxy) is 7. The molecule has 0 saturated carbocycles. The SMILES string of the molecule is C=O.CCOCOc1cscc1-c1ccccc1OCCCCOc1ccccc1-c1cscc1OCC.Oc1c(-c2ccccc2OCCCCOc2ccccc2-c2csc(P(c3ccccc3)c3ccccc3)c2O)csc1P(c1ccccc1)c1ccccc1. The molecule has 0 saturated heterocycles. The summed E-state index contributed by atoms with van der Waals surface area (Å²) in [5, 5.41) is 40.6. The van der Waals surface area contributed by atoms with Crippen LogP contribution >= 0.6 is 61.2 Å². The van der Waals surface area contributed by atoms with Gasteiger partial charge in [0.25, 0.3) is 0 Å². The van der Waals surface area contributed by atoms with Crippen LogP contribution in [-0.4, -0.2) is 63.4 Å². The fourth-order valence-corrected chi connectivity index (χ4v) is 19.8. The van der Waals surface area contributed by atoms with Gasteiger partial charge in [-0.2, -0.15) is 0 Å². The van der Waals surface area contributed by atoms with Gasteiger partial charge in [0, 0.05) is 99.2 Å². The van der Waals surface area contributed by atoms with E-state index in [9.17, 15) is 10.2 Å². The van der Waals surface area contributed by atoms with Crippen molar-refractivity contribution in [3.05, 3.63) is 251 Å². The molecule has 480 valence electrons. The molecule has 12 aromatic rings. The molecule has 4 aromatic heterocycles. The first-order valence-corrected chi connectivity index (χ1v) is 37.4. The summed E-state index contributed by atoms with van der Waals surface area (Å²) < 4.78 is 43.9. The van der Waals surface area contributed by atoms with Crippen molar-refractivity contribution >= 4 is 98.4 Å². The fourth-order valence-electron chi connectivity index (χ4n) is 10.4. The van der Waals surface area contributed by atoms with Crippen LogP contribution in [0.2, 0.25) is 0 Å². The van der Waals surface area contributed by atoms with Crippen molar-refractivity contribution in [1.29, 1.82) is 0 Å². The summed E-state index contributed by atoms with van der Waals surface area (Å²) in [7, 11) is -1.85. The second kappa shape index (κ2) is 36.2. The third-order valence-electron chi connectivity index (χ3n) is 14.8. The normalized spacial score (nSPS) is 10.9. The maximum Gasteiger partial charge on any atom is 0.189 e. The molecule has 4 heterocycles. The molecule has 0 radical (unpaired) electrons. The second-order valence-electron chi connectivity index (χ2n) is 20.9. The van der Waals surface area contributed by atoms with Crippen LogP contribution in [0.3, 0.4) is 0 Å². The topological polar surface area (TPSA) is 122 Å². The largest absolute Gasteiger partial charge is 0.506 e. The lowest BCUT2D eigenvalue weighted by Crippen LogP contribution is -2.18. The Balaban J connectivity index is 0.000000219. The van der Waals surface area contributed by atoms with E-state index in [0.29, 0.717) is 51.1 Å². The lowest BCUT2D eigenvalue weighted by atomic mass is 10.1. The highest BCUT2D eigenvalue weighted by Gasteiger charge is 2.27. The van der Waals surface area contributed by atoms with E-state index in [1.807, 2.05) is 141 Å². The average Bonchev–Trinajstić information content (AvgIpc) is 1.81. The minimum absolute atomic E-state index is 0.242. The molecule has 0 fully saturated rings. The number of benzene rings is 8. The van der Waals surface area contributed by atoms with Crippen LogP contribution in [0.1, 0.15) is 39.5 Å². The van der Waals surface area contributed by atoms with Crippen LogP contribution in [-0.2, 0) is 9.53 Å². The van der Waals surface area contributed by atoms with Gasteiger partial charge in [0.2, 0.25) is 0 Å². The summed E-state index contributed by atoms with van der Waals surface area (Å²) in [6.07, 6.45) is 3.35. The average molecular weight is 1360 g/mol. The molecule has 2 N–H and O–H groups in total. The molecule has 0 atom stereocenters. The van der Waals surface area contributed by atoms with Gasteiger partial charge in [-0.15, -0.1) is 45.3 Å². The van der Waals surface area contributed by atoms with Crippen molar-refractivity contribution in [2.75, 3.05) is 46.4 Å². The van der Waals surface area contributed by atoms with Crippen molar-refractivity contribution in [2.24, 2.45) is 0 Å². The lowest BCUT2D eigenvalue weighted by molar-refractivity contribution is -0.0980. The number of para-hydroxylation sites is 4. The first kappa shape index (κ1) is 68.3. The van der Waals surface area contributed by atoms with Gasteiger partial charge in [0.1, 0.15) is 52.8 Å². The Morgan fingerprint density at radius 3 is 0.936 bits per heavy atom. The van der Waals surface area contributed by atoms with E-state index >= 15 is 0 Å².